The fourth-order valence-electron chi connectivity index (χ4n) is 4.17. The van der Waals surface area contributed by atoms with Crippen molar-refractivity contribution in [1.82, 2.24) is 25.4 Å². The number of alkyl halides is 3. The molecule has 1 aromatic carbocycles. The third kappa shape index (κ3) is 6.81. The molecule has 0 saturated carbocycles. The van der Waals surface area contributed by atoms with Gasteiger partial charge in [-0.25, -0.2) is 0 Å². The van der Waals surface area contributed by atoms with Crippen LogP contribution in [-0.4, -0.2) is 71.2 Å². The minimum Gasteiger partial charge on any atom is -0.492 e. The van der Waals surface area contributed by atoms with Gasteiger partial charge in [-0.05, 0) is 55.3 Å². The molecule has 1 N–H and O–H groups in total. The Morgan fingerprint density at radius 1 is 0.974 bits per heavy atom. The van der Waals surface area contributed by atoms with E-state index in [1.807, 2.05) is 11.8 Å². The normalized spacial score (nSPS) is 13.8. The number of amides is 2. The lowest BCUT2D eigenvalue weighted by molar-refractivity contribution is -0.137. The lowest BCUT2D eigenvalue weighted by Crippen LogP contribution is -2.49. The fraction of sp³-hybridized carbons (Fsp3) is 0.370. The number of benzene rings is 1. The quantitative estimate of drug-likeness (QED) is 0.458. The third-order valence-electron chi connectivity index (χ3n) is 6.17. The van der Waals surface area contributed by atoms with Crippen LogP contribution >= 0.6 is 0 Å². The van der Waals surface area contributed by atoms with Crippen molar-refractivity contribution in [2.24, 2.45) is 0 Å². The lowest BCUT2D eigenvalue weighted by Gasteiger charge is -2.35. The highest BCUT2D eigenvalue weighted by Gasteiger charge is 2.33. The summed E-state index contributed by atoms with van der Waals surface area (Å²) in [6, 6.07) is 8.21. The van der Waals surface area contributed by atoms with Gasteiger partial charge in [-0.3, -0.25) is 14.6 Å². The summed E-state index contributed by atoms with van der Waals surface area (Å²) in [5.74, 6) is 0.184. The highest BCUT2D eigenvalue weighted by atomic mass is 19.4. The first kappa shape index (κ1) is 27.8. The van der Waals surface area contributed by atoms with Crippen molar-refractivity contribution in [3.63, 3.8) is 0 Å². The zero-order valence-corrected chi connectivity index (χ0v) is 21.7. The topological polar surface area (TPSA) is 101 Å². The Bertz CT molecular complexity index is 1310. The molecule has 1 aliphatic heterocycles. The van der Waals surface area contributed by atoms with Gasteiger partial charge in [0.2, 0.25) is 0 Å². The van der Waals surface area contributed by atoms with Gasteiger partial charge in [-0.2, -0.15) is 13.2 Å². The fourth-order valence-corrected chi connectivity index (χ4v) is 4.17. The van der Waals surface area contributed by atoms with Gasteiger partial charge in [0.1, 0.15) is 5.75 Å². The van der Waals surface area contributed by atoms with Crippen molar-refractivity contribution in [1.29, 1.82) is 0 Å². The summed E-state index contributed by atoms with van der Waals surface area (Å²) in [6.07, 6.45) is -0.913. The third-order valence-corrected chi connectivity index (χ3v) is 6.17. The number of hydrogen-bond acceptors (Lipinski definition) is 7. The van der Waals surface area contributed by atoms with E-state index >= 15 is 0 Å². The van der Waals surface area contributed by atoms with Crippen molar-refractivity contribution >= 4 is 17.6 Å². The number of ether oxygens (including phenoxy) is 1. The van der Waals surface area contributed by atoms with Gasteiger partial charge in [0.05, 0.1) is 18.4 Å². The SMILES string of the molecule is CCCNC(=O)c1ccc(N2CCN(C(=O)c3cc(-c4cncc(OCC)c4)cc(C(F)(F)F)c3)CC2)nn1. The van der Waals surface area contributed by atoms with E-state index < -0.39 is 17.6 Å². The van der Waals surface area contributed by atoms with E-state index in [9.17, 15) is 22.8 Å². The average Bonchev–Trinajstić information content (AvgIpc) is 2.95. The second-order valence-electron chi connectivity index (χ2n) is 8.95. The number of carbonyl (C=O) groups excluding carboxylic acids is 2. The van der Waals surface area contributed by atoms with Crippen LogP contribution in [0.5, 0.6) is 5.75 Å². The van der Waals surface area contributed by atoms with Gasteiger partial charge < -0.3 is 19.9 Å². The number of anilines is 1. The van der Waals surface area contributed by atoms with Crippen molar-refractivity contribution in [2.75, 3.05) is 44.2 Å². The Morgan fingerprint density at radius 3 is 2.38 bits per heavy atom. The molecular formula is C27H29F3N6O3. The van der Waals surface area contributed by atoms with E-state index in [2.05, 4.69) is 20.5 Å². The molecule has 206 valence electrons. The van der Waals surface area contributed by atoms with Gasteiger partial charge in [0, 0.05) is 50.0 Å². The Morgan fingerprint density at radius 2 is 1.74 bits per heavy atom. The van der Waals surface area contributed by atoms with E-state index in [-0.39, 0.29) is 35.8 Å². The summed E-state index contributed by atoms with van der Waals surface area (Å²) < 4.78 is 46.6. The van der Waals surface area contributed by atoms with Crippen molar-refractivity contribution in [3.8, 4) is 16.9 Å². The van der Waals surface area contributed by atoms with Crippen molar-refractivity contribution < 1.29 is 27.5 Å². The molecule has 12 heteroatoms. The Balaban J connectivity index is 1.49. The molecule has 1 fully saturated rings. The first-order chi connectivity index (χ1) is 18.7. The molecule has 1 saturated heterocycles. The molecule has 2 amide bonds. The number of aromatic nitrogens is 3. The standard InChI is InChI=1S/C27H29F3N6O3/c1-3-7-32-25(37)23-5-6-24(34-33-23)35-8-10-36(11-9-35)26(38)19-12-18(13-21(14-19)27(28,29)30)20-15-22(39-4-2)17-31-16-20/h5-6,12-17H,3-4,7-11H2,1-2H3,(H,32,37). The Hall–Kier alpha value is -4.22. The number of pyridine rings is 1. The zero-order valence-electron chi connectivity index (χ0n) is 21.7. The van der Waals surface area contributed by atoms with E-state index in [0.717, 1.165) is 18.6 Å². The molecule has 0 spiro atoms. The molecule has 2 aromatic heterocycles. The summed E-state index contributed by atoms with van der Waals surface area (Å²) >= 11 is 0. The number of halogens is 3. The number of piperazine rings is 1. The second kappa shape index (κ2) is 12.1. The highest BCUT2D eigenvalue weighted by Crippen LogP contribution is 2.34. The monoisotopic (exact) mass is 542 g/mol. The van der Waals surface area contributed by atoms with Crippen LogP contribution in [-0.2, 0) is 6.18 Å². The predicted molar refractivity (Wildman–Crippen MR) is 139 cm³/mol. The molecule has 9 nitrogen and oxygen atoms in total. The zero-order chi connectivity index (χ0) is 28.0. The van der Waals surface area contributed by atoms with Crippen molar-refractivity contribution in [3.05, 3.63) is 65.6 Å². The molecule has 39 heavy (non-hydrogen) atoms. The largest absolute Gasteiger partial charge is 0.492 e. The molecule has 4 rings (SSSR count). The van der Waals surface area contributed by atoms with Gasteiger partial charge >= 0.3 is 6.18 Å². The van der Waals surface area contributed by atoms with Crippen LogP contribution in [0, 0.1) is 0 Å². The van der Waals surface area contributed by atoms with E-state index in [1.54, 1.807) is 25.1 Å². The predicted octanol–water partition coefficient (Wildman–Crippen LogP) is 4.06. The van der Waals surface area contributed by atoms with Crippen LogP contribution in [0.2, 0.25) is 0 Å². The molecular weight excluding hydrogens is 513 g/mol. The number of hydrogen-bond donors (Lipinski definition) is 1. The molecule has 0 aliphatic carbocycles. The lowest BCUT2D eigenvalue weighted by atomic mass is 9.99. The maximum atomic E-state index is 13.7. The highest BCUT2D eigenvalue weighted by molar-refractivity contribution is 5.96. The van der Waals surface area contributed by atoms with E-state index in [1.165, 1.54) is 23.4 Å². The molecule has 0 radical (unpaired) electrons. The molecule has 0 bridgehead atoms. The Labute approximate surface area is 224 Å². The van der Waals surface area contributed by atoms with Gasteiger partial charge in [-0.15, -0.1) is 10.2 Å². The number of nitrogens with zero attached hydrogens (tertiary/aromatic N) is 5. The minimum absolute atomic E-state index is 0.0580. The summed E-state index contributed by atoms with van der Waals surface area (Å²) in [5, 5.41) is 10.9. The van der Waals surface area contributed by atoms with Crippen LogP contribution in [0.3, 0.4) is 0 Å². The summed E-state index contributed by atoms with van der Waals surface area (Å²) in [4.78, 5) is 32.8. The maximum Gasteiger partial charge on any atom is 0.416 e. The molecule has 0 atom stereocenters. The van der Waals surface area contributed by atoms with Crippen LogP contribution in [0.4, 0.5) is 19.0 Å². The van der Waals surface area contributed by atoms with Gasteiger partial charge in [0.25, 0.3) is 11.8 Å². The molecule has 3 aromatic rings. The Kier molecular flexibility index (Phi) is 8.62. The van der Waals surface area contributed by atoms with E-state index in [0.29, 0.717) is 43.4 Å². The van der Waals surface area contributed by atoms with Crippen LogP contribution in [0.15, 0.2) is 48.8 Å². The first-order valence-corrected chi connectivity index (χ1v) is 12.7. The average molecular weight is 543 g/mol. The van der Waals surface area contributed by atoms with Crippen LogP contribution in [0.1, 0.15) is 46.7 Å². The van der Waals surface area contributed by atoms with Gasteiger partial charge in [0.15, 0.2) is 11.5 Å². The second-order valence-corrected chi connectivity index (χ2v) is 8.95. The minimum atomic E-state index is -4.63. The maximum absolute atomic E-state index is 13.7. The summed E-state index contributed by atoms with van der Waals surface area (Å²) in [7, 11) is 0. The summed E-state index contributed by atoms with van der Waals surface area (Å²) in [6.45, 7) is 6.06. The molecule has 1 aliphatic rings. The van der Waals surface area contributed by atoms with E-state index in [4.69, 9.17) is 4.74 Å². The summed E-state index contributed by atoms with van der Waals surface area (Å²) in [5.41, 5.74) is -0.127. The number of rotatable bonds is 8. The molecule has 0 unspecified atom stereocenters. The molecule has 3 heterocycles. The van der Waals surface area contributed by atoms with Crippen molar-refractivity contribution in [2.45, 2.75) is 26.4 Å². The van der Waals surface area contributed by atoms with Gasteiger partial charge in [-0.1, -0.05) is 6.92 Å². The smallest absolute Gasteiger partial charge is 0.416 e. The first-order valence-electron chi connectivity index (χ1n) is 12.7. The van der Waals surface area contributed by atoms with Crippen LogP contribution in [0.25, 0.3) is 11.1 Å². The number of nitrogens with one attached hydrogen (secondary N) is 1. The number of carbonyl (C=O) groups is 2. The van der Waals surface area contributed by atoms with Crippen LogP contribution < -0.4 is 15.0 Å².